The Morgan fingerprint density at radius 1 is 1.00 bits per heavy atom. The highest BCUT2D eigenvalue weighted by Gasteiger charge is 2.30. The number of ether oxygens (including phenoxy) is 1. The Hall–Kier alpha value is -2.94. The van der Waals surface area contributed by atoms with Gasteiger partial charge in [-0.3, -0.25) is 4.72 Å². The third-order valence-electron chi connectivity index (χ3n) is 4.38. The summed E-state index contributed by atoms with van der Waals surface area (Å²) in [6.07, 6.45) is -2.63. The normalized spacial score (nSPS) is 15.5. The average molecular weight is 408 g/mol. The van der Waals surface area contributed by atoms with Gasteiger partial charge in [0.2, 0.25) is 10.0 Å². The van der Waals surface area contributed by atoms with Crippen molar-refractivity contribution >= 4 is 15.8 Å². The van der Waals surface area contributed by atoms with Crippen LogP contribution in [0.25, 0.3) is 11.1 Å². The number of alkyl halides is 3. The monoisotopic (exact) mass is 408 g/mol. The van der Waals surface area contributed by atoms with Crippen LogP contribution in [0.5, 0.6) is 11.5 Å². The number of benzene rings is 2. The largest absolute Gasteiger partial charge is 0.457 e. The molecule has 0 saturated carbocycles. The van der Waals surface area contributed by atoms with Crippen molar-refractivity contribution in [3.05, 3.63) is 66.4 Å². The number of aromatic nitrogens is 1. The van der Waals surface area contributed by atoms with Gasteiger partial charge < -0.3 is 9.30 Å². The van der Waals surface area contributed by atoms with Crippen molar-refractivity contribution in [1.29, 1.82) is 0 Å². The van der Waals surface area contributed by atoms with Gasteiger partial charge in [0, 0.05) is 18.3 Å². The lowest BCUT2D eigenvalue weighted by Gasteiger charge is -2.19. The molecule has 0 atom stereocenters. The van der Waals surface area contributed by atoms with Gasteiger partial charge in [-0.05, 0) is 42.0 Å². The molecule has 1 aliphatic heterocycles. The molecule has 0 aliphatic carbocycles. The second kappa shape index (κ2) is 6.59. The zero-order valence-corrected chi connectivity index (χ0v) is 15.2. The number of fused-ring (bicyclic) bond motifs is 1. The van der Waals surface area contributed by atoms with Crippen molar-refractivity contribution in [1.82, 2.24) is 4.57 Å². The smallest absolute Gasteiger partial charge is 0.416 e. The number of anilines is 1. The van der Waals surface area contributed by atoms with Crippen molar-refractivity contribution in [2.24, 2.45) is 0 Å². The number of hydrogen-bond acceptors (Lipinski definition) is 3. The Morgan fingerprint density at radius 3 is 2.46 bits per heavy atom. The molecular formula is C19H15F3N2O3S. The minimum Gasteiger partial charge on any atom is -0.457 e. The quantitative estimate of drug-likeness (QED) is 0.682. The van der Waals surface area contributed by atoms with E-state index in [4.69, 9.17) is 4.74 Å². The minimum atomic E-state index is -4.44. The highest BCUT2D eigenvalue weighted by molar-refractivity contribution is 7.92. The fourth-order valence-electron chi connectivity index (χ4n) is 3.00. The first-order chi connectivity index (χ1) is 13.2. The van der Waals surface area contributed by atoms with Crippen molar-refractivity contribution in [2.75, 3.05) is 10.5 Å². The Bertz CT molecular complexity index is 1120. The maximum Gasteiger partial charge on any atom is 0.416 e. The number of sulfonamides is 1. The molecule has 2 aromatic carbocycles. The average Bonchev–Trinajstić information content (AvgIpc) is 3.04. The molecule has 0 amide bonds. The van der Waals surface area contributed by atoms with E-state index in [0.717, 1.165) is 17.7 Å². The van der Waals surface area contributed by atoms with Crippen LogP contribution >= 0.6 is 0 Å². The molecule has 1 aromatic heterocycles. The van der Waals surface area contributed by atoms with Gasteiger partial charge in [-0.2, -0.15) is 13.2 Å². The lowest BCUT2D eigenvalue weighted by atomic mass is 10.1. The van der Waals surface area contributed by atoms with E-state index in [1.807, 2.05) is 10.6 Å². The highest BCUT2D eigenvalue weighted by Crippen LogP contribution is 2.35. The Morgan fingerprint density at radius 2 is 1.75 bits per heavy atom. The predicted octanol–water partition coefficient (Wildman–Crippen LogP) is 4.72. The maximum absolute atomic E-state index is 12.8. The zero-order chi connectivity index (χ0) is 19.9. The fraction of sp³-hybridized carbons (Fsp3) is 0.158. The molecular weight excluding hydrogens is 393 g/mol. The second-order valence-corrected chi connectivity index (χ2v) is 8.19. The summed E-state index contributed by atoms with van der Waals surface area (Å²) in [5, 5.41) is 0. The van der Waals surface area contributed by atoms with Gasteiger partial charge in [0.25, 0.3) is 0 Å². The van der Waals surface area contributed by atoms with E-state index in [9.17, 15) is 21.6 Å². The lowest BCUT2D eigenvalue weighted by Crippen LogP contribution is -2.27. The number of nitrogens with one attached hydrogen (secondary N) is 1. The van der Waals surface area contributed by atoms with Gasteiger partial charge in [0.1, 0.15) is 17.3 Å². The molecule has 9 heteroatoms. The van der Waals surface area contributed by atoms with Crippen LogP contribution in [0.4, 0.5) is 19.0 Å². The second-order valence-electron chi connectivity index (χ2n) is 6.34. The van der Waals surface area contributed by atoms with Crippen molar-refractivity contribution in [3.8, 4) is 22.6 Å². The molecule has 1 N–H and O–H groups in total. The molecule has 4 rings (SSSR count). The van der Waals surface area contributed by atoms with E-state index in [0.29, 0.717) is 23.7 Å². The van der Waals surface area contributed by atoms with Crippen molar-refractivity contribution in [3.63, 3.8) is 0 Å². The summed E-state index contributed by atoms with van der Waals surface area (Å²) < 4.78 is 72.0. The Labute approximate surface area is 159 Å². The van der Waals surface area contributed by atoms with Crippen LogP contribution in [-0.2, 0) is 22.7 Å². The summed E-state index contributed by atoms with van der Waals surface area (Å²) in [5.41, 5.74) is 0.693. The van der Waals surface area contributed by atoms with Gasteiger partial charge in [-0.1, -0.05) is 18.2 Å². The summed E-state index contributed by atoms with van der Waals surface area (Å²) >= 11 is 0. The number of nitrogens with zero attached hydrogens (tertiary/aromatic N) is 1. The molecule has 3 aromatic rings. The third kappa shape index (κ3) is 3.70. The van der Waals surface area contributed by atoms with Gasteiger partial charge in [-0.15, -0.1) is 0 Å². The molecule has 146 valence electrons. The molecule has 0 saturated heterocycles. The minimum absolute atomic E-state index is 0.0257. The van der Waals surface area contributed by atoms with Crippen LogP contribution in [0.15, 0.2) is 60.8 Å². The zero-order valence-electron chi connectivity index (χ0n) is 14.4. The van der Waals surface area contributed by atoms with Crippen LogP contribution in [0.1, 0.15) is 5.56 Å². The third-order valence-corrected chi connectivity index (χ3v) is 5.60. The van der Waals surface area contributed by atoms with Gasteiger partial charge in [-0.25, -0.2) is 8.42 Å². The number of halogens is 3. The fourth-order valence-corrected chi connectivity index (χ4v) is 4.06. The van der Waals surface area contributed by atoms with E-state index >= 15 is 0 Å². The lowest BCUT2D eigenvalue weighted by molar-refractivity contribution is -0.137. The SMILES string of the molecule is O=S1(=O)CCn2ccc(-c3ccc(Oc4cccc(C(F)(F)F)c4)cc3)c2N1. The maximum atomic E-state index is 12.8. The molecule has 0 radical (unpaired) electrons. The molecule has 5 nitrogen and oxygen atoms in total. The van der Waals surface area contributed by atoms with Gasteiger partial charge in [0.15, 0.2) is 0 Å². The van der Waals surface area contributed by atoms with Gasteiger partial charge in [0.05, 0.1) is 11.3 Å². The summed E-state index contributed by atoms with van der Waals surface area (Å²) in [5.74, 6) is 0.976. The molecule has 0 bridgehead atoms. The molecule has 0 spiro atoms. The summed E-state index contributed by atoms with van der Waals surface area (Å²) in [6, 6.07) is 13.2. The van der Waals surface area contributed by atoms with E-state index in [-0.39, 0.29) is 11.5 Å². The first-order valence-corrected chi connectivity index (χ1v) is 10.0. The summed E-state index contributed by atoms with van der Waals surface area (Å²) in [6.45, 7) is 0.376. The van der Waals surface area contributed by atoms with Crippen LogP contribution in [0, 0.1) is 0 Å². The van der Waals surface area contributed by atoms with Crippen LogP contribution < -0.4 is 9.46 Å². The molecule has 1 aliphatic rings. The van der Waals surface area contributed by atoms with E-state index in [1.165, 1.54) is 12.1 Å². The number of rotatable bonds is 3. The van der Waals surface area contributed by atoms with Crippen LogP contribution in [0.2, 0.25) is 0 Å². The first kappa shape index (κ1) is 18.4. The number of hydrogen-bond donors (Lipinski definition) is 1. The molecule has 0 unspecified atom stereocenters. The summed E-state index contributed by atoms with van der Waals surface area (Å²) in [7, 11) is -3.35. The summed E-state index contributed by atoms with van der Waals surface area (Å²) in [4.78, 5) is 0. The van der Waals surface area contributed by atoms with E-state index in [2.05, 4.69) is 4.72 Å². The Balaban J connectivity index is 1.57. The first-order valence-electron chi connectivity index (χ1n) is 8.36. The van der Waals surface area contributed by atoms with Gasteiger partial charge >= 0.3 is 6.18 Å². The topological polar surface area (TPSA) is 60.3 Å². The van der Waals surface area contributed by atoms with Crippen molar-refractivity contribution < 1.29 is 26.3 Å². The van der Waals surface area contributed by atoms with Crippen molar-refractivity contribution in [2.45, 2.75) is 12.7 Å². The standard InChI is InChI=1S/C19H15F3N2O3S/c20-19(21,22)14-2-1-3-16(12-14)27-15-6-4-13(5-7-15)17-8-9-24-10-11-28(25,26)23-18(17)24/h1-9,12,23H,10-11H2. The Kier molecular flexibility index (Phi) is 4.34. The van der Waals surface area contributed by atoms with Crippen LogP contribution in [-0.4, -0.2) is 18.7 Å². The van der Waals surface area contributed by atoms with Crippen LogP contribution in [0.3, 0.4) is 0 Å². The highest BCUT2D eigenvalue weighted by atomic mass is 32.2. The molecule has 0 fully saturated rings. The molecule has 2 heterocycles. The predicted molar refractivity (Wildman–Crippen MR) is 98.8 cm³/mol. The van der Waals surface area contributed by atoms with E-state index < -0.39 is 21.8 Å². The number of aryl methyl sites for hydroxylation is 1. The van der Waals surface area contributed by atoms with E-state index in [1.54, 1.807) is 30.5 Å². The molecule has 28 heavy (non-hydrogen) atoms.